The van der Waals surface area contributed by atoms with Crippen LogP contribution in [0.25, 0.3) is 0 Å². The molecule has 0 N–H and O–H groups in total. The fraction of sp³-hybridized carbons (Fsp3) is 0.300. The summed E-state index contributed by atoms with van der Waals surface area (Å²) in [6.07, 6.45) is 1.97. The zero-order valence-electron chi connectivity index (χ0n) is 7.04. The molecule has 0 saturated carbocycles. The summed E-state index contributed by atoms with van der Waals surface area (Å²) in [7, 11) is 0. The summed E-state index contributed by atoms with van der Waals surface area (Å²) < 4.78 is 0. The Labute approximate surface area is 78.2 Å². The van der Waals surface area contributed by atoms with Crippen molar-refractivity contribution >= 4 is 17.7 Å². The average Bonchev–Trinajstić information content (AvgIpc) is 2.05. The van der Waals surface area contributed by atoms with Crippen molar-refractivity contribution in [3.8, 4) is 0 Å². The predicted molar refractivity (Wildman–Crippen MR) is 52.4 cm³/mol. The third kappa shape index (κ3) is 2.05. The first kappa shape index (κ1) is 9.20. The van der Waals surface area contributed by atoms with Gasteiger partial charge in [0.1, 0.15) is 0 Å². The highest BCUT2D eigenvalue weighted by molar-refractivity contribution is 7.97. The van der Waals surface area contributed by atoms with Crippen molar-refractivity contribution in [3.05, 3.63) is 35.4 Å². The molecule has 1 nitrogen and oxygen atoms in total. The van der Waals surface area contributed by atoms with Crippen LogP contribution in [0.4, 0.5) is 0 Å². The van der Waals surface area contributed by atoms with E-state index in [1.165, 1.54) is 0 Å². The van der Waals surface area contributed by atoms with E-state index in [1.807, 2.05) is 18.2 Å². The summed E-state index contributed by atoms with van der Waals surface area (Å²) in [5.74, 6) is 0. The van der Waals surface area contributed by atoms with Crippen LogP contribution in [0.3, 0.4) is 0 Å². The Balaban J connectivity index is 3.00. The molecule has 1 aromatic carbocycles. The minimum atomic E-state index is -0.251. The van der Waals surface area contributed by atoms with Gasteiger partial charge in [0.15, 0.2) is 0 Å². The molecule has 0 unspecified atom stereocenters. The van der Waals surface area contributed by atoms with Gasteiger partial charge < -0.3 is 0 Å². The molecule has 0 atom stereocenters. The first-order chi connectivity index (χ1) is 5.75. The van der Waals surface area contributed by atoms with E-state index in [9.17, 15) is 4.79 Å². The molecule has 0 aliphatic carbocycles. The minimum Gasteiger partial charge on any atom is -0.276 e. The van der Waals surface area contributed by atoms with Crippen LogP contribution in [0.15, 0.2) is 24.3 Å². The predicted octanol–water partition coefficient (Wildman–Crippen LogP) is 2.98. The number of carbonyl (C=O) groups excluding carboxylic acids is 1. The van der Waals surface area contributed by atoms with Crippen molar-refractivity contribution in [2.24, 2.45) is 0 Å². The largest absolute Gasteiger partial charge is 0.276 e. The van der Waals surface area contributed by atoms with Crippen molar-refractivity contribution in [3.63, 3.8) is 0 Å². The Morgan fingerprint density at radius 3 is 2.67 bits per heavy atom. The lowest BCUT2D eigenvalue weighted by atomic mass is 10.0. The van der Waals surface area contributed by atoms with Crippen LogP contribution in [-0.2, 0) is 6.42 Å². The van der Waals surface area contributed by atoms with Crippen molar-refractivity contribution in [1.29, 1.82) is 0 Å². The van der Waals surface area contributed by atoms with Crippen LogP contribution < -0.4 is 0 Å². The minimum absolute atomic E-state index is 0.251. The maximum Gasteiger partial charge on any atom is 0.249 e. The van der Waals surface area contributed by atoms with Gasteiger partial charge in [-0.15, -0.1) is 0 Å². The number of benzene rings is 1. The van der Waals surface area contributed by atoms with Gasteiger partial charge in [-0.2, -0.15) is 0 Å². The van der Waals surface area contributed by atoms with Crippen LogP contribution >= 0.6 is 12.6 Å². The van der Waals surface area contributed by atoms with E-state index >= 15 is 0 Å². The van der Waals surface area contributed by atoms with Crippen LogP contribution in [0.5, 0.6) is 0 Å². The maximum absolute atomic E-state index is 11.0. The molecular weight excluding hydrogens is 168 g/mol. The number of hydrogen-bond donors (Lipinski definition) is 0. The van der Waals surface area contributed by atoms with Crippen LogP contribution in [-0.4, -0.2) is 5.12 Å². The highest BCUT2D eigenvalue weighted by Crippen LogP contribution is 2.12. The molecule has 12 heavy (non-hydrogen) atoms. The SMILES string of the molecule is CCCc1ccccc1C(=O)[S]. The molecule has 0 saturated heterocycles. The number of aryl methyl sites for hydroxylation is 1. The third-order valence-electron chi connectivity index (χ3n) is 1.76. The number of hydrogen-bond acceptors (Lipinski definition) is 1. The van der Waals surface area contributed by atoms with E-state index in [2.05, 4.69) is 19.6 Å². The third-order valence-corrected chi connectivity index (χ3v) is 1.98. The summed E-state index contributed by atoms with van der Waals surface area (Å²) in [4.78, 5) is 11.0. The molecule has 0 bridgehead atoms. The molecule has 1 rings (SSSR count). The summed E-state index contributed by atoms with van der Waals surface area (Å²) in [6.45, 7) is 2.09. The lowest BCUT2D eigenvalue weighted by Crippen LogP contribution is -1.96. The number of carbonyl (C=O) groups is 1. The van der Waals surface area contributed by atoms with E-state index in [0.717, 1.165) is 18.4 Å². The van der Waals surface area contributed by atoms with Gasteiger partial charge in [-0.3, -0.25) is 4.79 Å². The Hall–Kier alpha value is -0.890. The molecule has 0 aromatic heterocycles. The van der Waals surface area contributed by atoms with E-state index in [-0.39, 0.29) is 5.12 Å². The van der Waals surface area contributed by atoms with Gasteiger partial charge in [0.25, 0.3) is 0 Å². The average molecular weight is 179 g/mol. The normalized spacial score (nSPS) is 9.75. The summed E-state index contributed by atoms with van der Waals surface area (Å²) >= 11 is 4.61. The second-order valence-corrected chi connectivity index (χ2v) is 3.07. The van der Waals surface area contributed by atoms with Crippen molar-refractivity contribution in [1.82, 2.24) is 0 Å². The van der Waals surface area contributed by atoms with Crippen LogP contribution in [0.2, 0.25) is 0 Å². The van der Waals surface area contributed by atoms with E-state index < -0.39 is 0 Å². The van der Waals surface area contributed by atoms with Gasteiger partial charge in [0, 0.05) is 5.56 Å². The molecule has 0 spiro atoms. The Bertz CT molecular complexity index is 281. The van der Waals surface area contributed by atoms with Gasteiger partial charge in [0.2, 0.25) is 5.12 Å². The molecule has 2 heteroatoms. The van der Waals surface area contributed by atoms with Gasteiger partial charge in [-0.25, -0.2) is 0 Å². The van der Waals surface area contributed by atoms with Gasteiger partial charge >= 0.3 is 0 Å². The smallest absolute Gasteiger partial charge is 0.249 e. The molecular formula is C10H11OS. The fourth-order valence-electron chi connectivity index (χ4n) is 1.21. The van der Waals surface area contributed by atoms with Gasteiger partial charge in [0.05, 0.1) is 0 Å². The van der Waals surface area contributed by atoms with Gasteiger partial charge in [-0.1, -0.05) is 31.5 Å². The molecule has 0 aliphatic rings. The second-order valence-electron chi connectivity index (χ2n) is 2.69. The van der Waals surface area contributed by atoms with Crippen LogP contribution in [0, 0.1) is 0 Å². The molecule has 1 aromatic rings. The molecule has 0 fully saturated rings. The molecule has 0 aliphatic heterocycles. The fourth-order valence-corrected chi connectivity index (χ4v) is 1.41. The Morgan fingerprint density at radius 2 is 2.08 bits per heavy atom. The zero-order chi connectivity index (χ0) is 8.97. The van der Waals surface area contributed by atoms with Crippen molar-refractivity contribution in [2.45, 2.75) is 19.8 Å². The van der Waals surface area contributed by atoms with Gasteiger partial charge in [-0.05, 0) is 30.7 Å². The molecule has 0 heterocycles. The van der Waals surface area contributed by atoms with E-state index in [4.69, 9.17) is 0 Å². The number of rotatable bonds is 3. The second kappa shape index (κ2) is 4.21. The highest BCUT2D eigenvalue weighted by Gasteiger charge is 2.05. The van der Waals surface area contributed by atoms with E-state index in [1.54, 1.807) is 6.07 Å². The molecule has 0 amide bonds. The maximum atomic E-state index is 11.0. The van der Waals surface area contributed by atoms with Crippen molar-refractivity contribution in [2.75, 3.05) is 0 Å². The first-order valence-electron chi connectivity index (χ1n) is 4.05. The Morgan fingerprint density at radius 1 is 1.42 bits per heavy atom. The Kier molecular flexibility index (Phi) is 3.23. The first-order valence-corrected chi connectivity index (χ1v) is 4.45. The quantitative estimate of drug-likeness (QED) is 0.697. The summed E-state index contributed by atoms with van der Waals surface area (Å²) in [5, 5.41) is -0.251. The monoisotopic (exact) mass is 179 g/mol. The lowest BCUT2D eigenvalue weighted by molar-refractivity contribution is 0.109. The lowest BCUT2D eigenvalue weighted by Gasteiger charge is -2.02. The topological polar surface area (TPSA) is 17.1 Å². The highest BCUT2D eigenvalue weighted by atomic mass is 32.1. The summed E-state index contributed by atoms with van der Waals surface area (Å²) in [6, 6.07) is 7.54. The molecule has 1 radical (unpaired) electrons. The summed E-state index contributed by atoms with van der Waals surface area (Å²) in [5.41, 5.74) is 1.76. The van der Waals surface area contributed by atoms with Crippen molar-refractivity contribution < 1.29 is 4.79 Å². The van der Waals surface area contributed by atoms with Crippen LogP contribution in [0.1, 0.15) is 29.3 Å². The standard InChI is InChI=1S/C10H11OS/c1-2-5-8-6-3-4-7-9(8)10(11)12/h3-4,6-7H,2,5H2,1H3. The van der Waals surface area contributed by atoms with E-state index in [0.29, 0.717) is 5.56 Å². The molecule has 63 valence electrons. The zero-order valence-corrected chi connectivity index (χ0v) is 7.86.